The number of nitrogens with zero attached hydrogens (tertiary/aromatic N) is 3. The molecule has 2 aromatic rings. The molecule has 0 radical (unpaired) electrons. The Hall–Kier alpha value is -2.43. The van der Waals surface area contributed by atoms with Crippen molar-refractivity contribution >= 4 is 16.6 Å². The van der Waals surface area contributed by atoms with Crippen molar-refractivity contribution in [3.8, 4) is 11.6 Å². The summed E-state index contributed by atoms with van der Waals surface area (Å²) < 4.78 is 0. The molecule has 0 saturated heterocycles. The van der Waals surface area contributed by atoms with Gasteiger partial charge in [0.2, 0.25) is 5.88 Å². The van der Waals surface area contributed by atoms with Gasteiger partial charge in [-0.2, -0.15) is 5.11 Å². The van der Waals surface area contributed by atoms with Crippen LogP contribution in [0.1, 0.15) is 0 Å². The lowest BCUT2D eigenvalue weighted by atomic mass is 10.2. The summed E-state index contributed by atoms with van der Waals surface area (Å²) in [7, 11) is 0. The first-order valence-electron chi connectivity index (χ1n) is 5.03. The zero-order valence-corrected chi connectivity index (χ0v) is 9.04. The normalized spacial score (nSPS) is 11.1. The number of benzene rings is 1. The van der Waals surface area contributed by atoms with Crippen LogP contribution in [0.15, 0.2) is 47.1 Å². The third-order valence-corrected chi connectivity index (χ3v) is 2.20. The van der Waals surface area contributed by atoms with E-state index in [1.807, 2.05) is 0 Å². The molecule has 0 aliphatic rings. The Morgan fingerprint density at radius 3 is 2.82 bits per heavy atom. The van der Waals surface area contributed by atoms with Gasteiger partial charge in [-0.25, -0.2) is 4.98 Å². The topological polar surface area (TPSA) is 78.1 Å². The predicted molar refractivity (Wildman–Crippen MR) is 64.7 cm³/mol. The van der Waals surface area contributed by atoms with Crippen LogP contribution in [0.25, 0.3) is 10.9 Å². The third-order valence-electron chi connectivity index (χ3n) is 2.20. The summed E-state index contributed by atoms with van der Waals surface area (Å²) in [6.45, 7) is 3.80. The molecule has 0 aliphatic heterocycles. The number of aromatic nitrogens is 1. The monoisotopic (exact) mass is 229 g/mol. The number of hydrogen-bond acceptors (Lipinski definition) is 5. The molecule has 1 aromatic carbocycles. The van der Waals surface area contributed by atoms with Gasteiger partial charge in [0.15, 0.2) is 11.4 Å². The van der Waals surface area contributed by atoms with Crippen LogP contribution in [0.5, 0.6) is 11.6 Å². The zero-order chi connectivity index (χ0) is 12.3. The lowest BCUT2D eigenvalue weighted by Crippen LogP contribution is -1.82. The molecular weight excluding hydrogens is 218 g/mol. The van der Waals surface area contributed by atoms with E-state index in [9.17, 15) is 10.2 Å². The lowest BCUT2D eigenvalue weighted by molar-refractivity contribution is 0.442. The second kappa shape index (κ2) is 4.61. The molecule has 2 rings (SSSR count). The summed E-state index contributed by atoms with van der Waals surface area (Å²) >= 11 is 0. The summed E-state index contributed by atoms with van der Waals surface area (Å²) in [5.41, 5.74) is 0.482. The molecule has 0 unspecified atom stereocenters. The van der Waals surface area contributed by atoms with E-state index >= 15 is 0 Å². The van der Waals surface area contributed by atoms with Gasteiger partial charge in [0.25, 0.3) is 0 Å². The summed E-state index contributed by atoms with van der Waals surface area (Å²) in [5.74, 6) is -0.463. The average Bonchev–Trinajstić information content (AvgIpc) is 2.33. The lowest BCUT2D eigenvalue weighted by Gasteiger charge is -2.04. The maximum absolute atomic E-state index is 9.95. The average molecular weight is 229 g/mol. The minimum absolute atomic E-state index is 0.0226. The first kappa shape index (κ1) is 11.1. The molecule has 86 valence electrons. The van der Waals surface area contributed by atoms with Gasteiger partial charge in [0, 0.05) is 5.39 Å². The van der Waals surface area contributed by atoms with Gasteiger partial charge in [-0.05, 0) is 12.1 Å². The molecule has 0 bridgehead atoms. The zero-order valence-electron chi connectivity index (χ0n) is 9.04. The number of aromatic hydroxyl groups is 2. The number of para-hydroxylation sites is 1. The molecule has 0 aliphatic carbocycles. The smallest absolute Gasteiger partial charge is 0.243 e. The molecule has 2 N–H and O–H groups in total. The van der Waals surface area contributed by atoms with E-state index in [4.69, 9.17) is 0 Å². The predicted octanol–water partition coefficient (Wildman–Crippen LogP) is 2.92. The largest absolute Gasteiger partial charge is 0.505 e. The highest BCUT2D eigenvalue weighted by molar-refractivity contribution is 5.90. The maximum Gasteiger partial charge on any atom is 0.243 e. The Balaban J connectivity index is 2.59. The Bertz CT molecular complexity index is 594. The van der Waals surface area contributed by atoms with Crippen molar-refractivity contribution in [3.05, 3.63) is 36.9 Å². The highest BCUT2D eigenvalue weighted by atomic mass is 16.3. The van der Waals surface area contributed by atoms with Crippen LogP contribution in [0.3, 0.4) is 0 Å². The maximum atomic E-state index is 9.95. The van der Waals surface area contributed by atoms with Crippen molar-refractivity contribution in [2.75, 3.05) is 6.54 Å². The van der Waals surface area contributed by atoms with E-state index in [0.29, 0.717) is 17.4 Å². The van der Waals surface area contributed by atoms with Crippen molar-refractivity contribution in [3.63, 3.8) is 0 Å². The van der Waals surface area contributed by atoms with Gasteiger partial charge >= 0.3 is 0 Å². The number of azo groups is 1. The van der Waals surface area contributed by atoms with Crippen molar-refractivity contribution in [2.45, 2.75) is 0 Å². The van der Waals surface area contributed by atoms with E-state index in [0.717, 1.165) is 0 Å². The van der Waals surface area contributed by atoms with Crippen molar-refractivity contribution in [2.24, 2.45) is 10.2 Å². The molecule has 0 fully saturated rings. The highest BCUT2D eigenvalue weighted by Crippen LogP contribution is 2.39. The Labute approximate surface area is 97.8 Å². The van der Waals surface area contributed by atoms with Crippen LogP contribution in [0.2, 0.25) is 0 Å². The van der Waals surface area contributed by atoms with Gasteiger partial charge in [0.1, 0.15) is 0 Å². The van der Waals surface area contributed by atoms with E-state index in [-0.39, 0.29) is 17.3 Å². The van der Waals surface area contributed by atoms with E-state index in [1.165, 1.54) is 0 Å². The van der Waals surface area contributed by atoms with Crippen LogP contribution in [0, 0.1) is 0 Å². The van der Waals surface area contributed by atoms with Gasteiger partial charge in [-0.1, -0.05) is 18.2 Å². The molecule has 17 heavy (non-hydrogen) atoms. The number of rotatable bonds is 3. The molecule has 0 spiro atoms. The first-order chi connectivity index (χ1) is 8.24. The molecule has 0 amide bonds. The van der Waals surface area contributed by atoms with E-state index < -0.39 is 0 Å². The fourth-order valence-electron chi connectivity index (χ4n) is 1.43. The van der Waals surface area contributed by atoms with Crippen LogP contribution < -0.4 is 0 Å². The van der Waals surface area contributed by atoms with Gasteiger partial charge in [-0.3, -0.25) is 0 Å². The first-order valence-corrected chi connectivity index (χ1v) is 5.03. The summed E-state index contributed by atoms with van der Waals surface area (Å²) in [6, 6.07) is 6.93. The van der Waals surface area contributed by atoms with E-state index in [1.54, 1.807) is 30.3 Å². The summed E-state index contributed by atoms with van der Waals surface area (Å²) in [5, 5.41) is 27.6. The molecule has 1 heterocycles. The SMILES string of the molecule is C=CCN=Nc1c(O)nc2ccccc2c1O. The van der Waals surface area contributed by atoms with Crippen LogP contribution in [0.4, 0.5) is 5.69 Å². The third kappa shape index (κ3) is 2.08. The molecule has 5 heteroatoms. The van der Waals surface area contributed by atoms with Crippen molar-refractivity contribution in [1.29, 1.82) is 0 Å². The fraction of sp³-hybridized carbons (Fsp3) is 0.0833. The minimum Gasteiger partial charge on any atom is -0.505 e. The fourth-order valence-corrected chi connectivity index (χ4v) is 1.43. The second-order valence-electron chi connectivity index (χ2n) is 3.36. The Morgan fingerprint density at radius 1 is 1.29 bits per heavy atom. The van der Waals surface area contributed by atoms with Crippen molar-refractivity contribution in [1.82, 2.24) is 4.98 Å². The second-order valence-corrected chi connectivity index (χ2v) is 3.36. The molecular formula is C12H11N3O2. The van der Waals surface area contributed by atoms with Crippen LogP contribution >= 0.6 is 0 Å². The quantitative estimate of drug-likeness (QED) is 0.627. The molecule has 5 nitrogen and oxygen atoms in total. The van der Waals surface area contributed by atoms with Crippen molar-refractivity contribution < 1.29 is 10.2 Å². The summed E-state index contributed by atoms with van der Waals surface area (Å²) in [4.78, 5) is 3.93. The van der Waals surface area contributed by atoms with Gasteiger partial charge in [0.05, 0.1) is 12.1 Å². The molecule has 0 atom stereocenters. The molecule has 1 aromatic heterocycles. The highest BCUT2D eigenvalue weighted by Gasteiger charge is 2.12. The number of pyridine rings is 1. The van der Waals surface area contributed by atoms with Gasteiger partial charge < -0.3 is 10.2 Å². The Morgan fingerprint density at radius 2 is 2.06 bits per heavy atom. The van der Waals surface area contributed by atoms with Crippen LogP contribution in [-0.2, 0) is 0 Å². The number of fused-ring (bicyclic) bond motifs is 1. The standard InChI is InChI=1S/C12H11N3O2/c1-2-7-13-15-10-11(16)8-5-3-4-6-9(8)14-12(10)17/h2-6H,1,7H2,(H2,14,16,17). The molecule has 0 saturated carbocycles. The van der Waals surface area contributed by atoms with E-state index in [2.05, 4.69) is 21.8 Å². The Kier molecular flexibility index (Phi) is 3.00. The van der Waals surface area contributed by atoms with Gasteiger partial charge in [-0.15, -0.1) is 11.7 Å². The minimum atomic E-state index is -0.339. The summed E-state index contributed by atoms with van der Waals surface area (Å²) in [6.07, 6.45) is 1.56. The van der Waals surface area contributed by atoms with Crippen LogP contribution in [-0.4, -0.2) is 21.7 Å². The number of hydrogen-bond donors (Lipinski definition) is 2.